The lowest BCUT2D eigenvalue weighted by Gasteiger charge is -2.48. The Morgan fingerprint density at radius 3 is 1.29 bits per heavy atom. The number of methoxy groups -OCH3 is 1. The second kappa shape index (κ2) is 20.4. The molecular formula is C51H56O7Si. The van der Waals surface area contributed by atoms with E-state index < -0.39 is 39.0 Å². The summed E-state index contributed by atoms with van der Waals surface area (Å²) in [6, 6.07) is 59.7. The molecule has 1 aliphatic rings. The standard InChI is InChI=1S/C51H56O7Si/c1-51(2,3)59(44-26-16-8-17-27-44,45-28-18-9-19-29-45)57-38-46-47(53-36-42-30-32-43(52-4)33-31-42)48(54-34-39-20-10-5-11-21-39)49(55-35-40-22-12-6-13-23-40)50(58-46)56-37-41-24-14-7-15-25-41/h5-33,46-50H,34-38H2,1-4H3/t46-,47-,48+,49-,50+/m1/s1. The van der Waals surface area contributed by atoms with Gasteiger partial charge in [0, 0.05) is 0 Å². The molecule has 0 saturated carbocycles. The Morgan fingerprint density at radius 2 is 0.847 bits per heavy atom. The van der Waals surface area contributed by atoms with E-state index in [4.69, 9.17) is 32.8 Å². The maximum absolute atomic E-state index is 7.57. The number of rotatable bonds is 18. The minimum Gasteiger partial charge on any atom is -0.497 e. The van der Waals surface area contributed by atoms with Gasteiger partial charge in [-0.15, -0.1) is 0 Å². The predicted molar refractivity (Wildman–Crippen MR) is 235 cm³/mol. The zero-order valence-electron chi connectivity index (χ0n) is 34.5. The van der Waals surface area contributed by atoms with Crippen LogP contribution in [-0.2, 0) is 54.5 Å². The molecule has 1 heterocycles. The van der Waals surface area contributed by atoms with Crippen molar-refractivity contribution in [1.29, 1.82) is 0 Å². The van der Waals surface area contributed by atoms with Gasteiger partial charge < -0.3 is 32.8 Å². The van der Waals surface area contributed by atoms with Crippen LogP contribution in [0.5, 0.6) is 5.75 Å². The van der Waals surface area contributed by atoms with E-state index in [2.05, 4.69) is 118 Å². The lowest BCUT2D eigenvalue weighted by Crippen LogP contribution is -2.68. The summed E-state index contributed by atoms with van der Waals surface area (Å²) in [4.78, 5) is 0. The van der Waals surface area contributed by atoms with Gasteiger partial charge in [0.05, 0.1) is 40.1 Å². The van der Waals surface area contributed by atoms with Gasteiger partial charge in [-0.2, -0.15) is 0 Å². The van der Waals surface area contributed by atoms with E-state index in [1.54, 1.807) is 7.11 Å². The Bertz CT molecular complexity index is 2060. The molecule has 0 N–H and O–H groups in total. The van der Waals surface area contributed by atoms with Crippen molar-refractivity contribution in [3.05, 3.63) is 198 Å². The molecule has 0 radical (unpaired) electrons. The SMILES string of the molecule is COc1ccc(CO[C@H]2[C@H](OCc3ccccc3)[C@@H](OCc3ccccc3)[C@@H](OCc3ccccc3)O[C@@H]2CO[Si](c2ccccc2)(c2ccccc2)C(C)(C)C)cc1. The first-order valence-corrected chi connectivity index (χ1v) is 22.4. The Balaban J connectivity index is 1.30. The summed E-state index contributed by atoms with van der Waals surface area (Å²) in [7, 11) is -1.32. The van der Waals surface area contributed by atoms with E-state index in [0.29, 0.717) is 26.4 Å². The maximum atomic E-state index is 7.57. The molecule has 0 aromatic heterocycles. The summed E-state index contributed by atoms with van der Waals surface area (Å²) in [5.74, 6) is 0.781. The number of ether oxygens (including phenoxy) is 6. The minimum absolute atomic E-state index is 0.225. The summed E-state index contributed by atoms with van der Waals surface area (Å²) in [5, 5.41) is 2.11. The molecule has 6 aromatic carbocycles. The second-order valence-electron chi connectivity index (χ2n) is 16.0. The highest BCUT2D eigenvalue weighted by Crippen LogP contribution is 2.38. The van der Waals surface area contributed by atoms with Gasteiger partial charge in [0.2, 0.25) is 0 Å². The molecule has 5 atom stereocenters. The predicted octanol–water partition coefficient (Wildman–Crippen LogP) is 9.27. The number of benzene rings is 6. The highest BCUT2D eigenvalue weighted by atomic mass is 28.4. The fraction of sp³-hybridized carbons (Fsp3) is 0.294. The minimum atomic E-state index is -2.99. The molecule has 1 fully saturated rings. The number of hydrogen-bond donors (Lipinski definition) is 0. The first-order valence-electron chi connectivity index (χ1n) is 20.5. The van der Waals surface area contributed by atoms with E-state index in [-0.39, 0.29) is 11.6 Å². The van der Waals surface area contributed by atoms with Gasteiger partial charge in [-0.05, 0) is 49.8 Å². The van der Waals surface area contributed by atoms with Crippen molar-refractivity contribution in [2.75, 3.05) is 13.7 Å². The van der Waals surface area contributed by atoms with Gasteiger partial charge in [0.25, 0.3) is 8.32 Å². The van der Waals surface area contributed by atoms with Crippen molar-refractivity contribution in [2.45, 2.75) is 82.9 Å². The van der Waals surface area contributed by atoms with Crippen molar-refractivity contribution in [3.63, 3.8) is 0 Å². The van der Waals surface area contributed by atoms with Crippen LogP contribution in [-0.4, -0.2) is 52.7 Å². The van der Waals surface area contributed by atoms with E-state index in [1.807, 2.05) is 78.9 Å². The lowest BCUT2D eigenvalue weighted by atomic mass is 9.97. The Morgan fingerprint density at radius 1 is 0.458 bits per heavy atom. The molecule has 6 aromatic rings. The van der Waals surface area contributed by atoms with Crippen LogP contribution in [0.3, 0.4) is 0 Å². The third-order valence-corrected chi connectivity index (χ3v) is 15.9. The van der Waals surface area contributed by atoms with Gasteiger partial charge in [-0.1, -0.05) is 185 Å². The monoisotopic (exact) mass is 808 g/mol. The van der Waals surface area contributed by atoms with Gasteiger partial charge in [-0.3, -0.25) is 0 Å². The van der Waals surface area contributed by atoms with Gasteiger partial charge in [-0.25, -0.2) is 0 Å². The molecule has 1 aliphatic heterocycles. The molecular weight excluding hydrogens is 753 g/mol. The zero-order chi connectivity index (χ0) is 40.9. The van der Waals surface area contributed by atoms with Crippen molar-refractivity contribution >= 4 is 18.7 Å². The molecule has 0 aliphatic carbocycles. The summed E-state index contributed by atoms with van der Waals surface area (Å²) in [6.45, 7) is 8.37. The van der Waals surface area contributed by atoms with Gasteiger partial charge >= 0.3 is 0 Å². The molecule has 0 unspecified atom stereocenters. The molecule has 0 amide bonds. The van der Waals surface area contributed by atoms with Crippen LogP contribution in [0.1, 0.15) is 43.0 Å². The van der Waals surface area contributed by atoms with Gasteiger partial charge in [0.1, 0.15) is 30.2 Å². The van der Waals surface area contributed by atoms with Crippen LogP contribution in [0.25, 0.3) is 0 Å². The Kier molecular flexibility index (Phi) is 14.6. The van der Waals surface area contributed by atoms with Crippen LogP contribution in [0.15, 0.2) is 176 Å². The van der Waals surface area contributed by atoms with Crippen LogP contribution < -0.4 is 15.1 Å². The number of hydrogen-bond acceptors (Lipinski definition) is 7. The quantitative estimate of drug-likeness (QED) is 0.0803. The first-order chi connectivity index (χ1) is 28.8. The zero-order valence-corrected chi connectivity index (χ0v) is 35.5. The van der Waals surface area contributed by atoms with E-state index in [9.17, 15) is 0 Å². The fourth-order valence-electron chi connectivity index (χ4n) is 7.88. The summed E-state index contributed by atoms with van der Waals surface area (Å²) in [6.07, 6.45) is -3.30. The van der Waals surface area contributed by atoms with Crippen LogP contribution >= 0.6 is 0 Å². The van der Waals surface area contributed by atoms with Gasteiger partial charge in [0.15, 0.2) is 6.29 Å². The highest BCUT2D eigenvalue weighted by molar-refractivity contribution is 6.99. The Labute approximate surface area is 350 Å². The molecule has 1 saturated heterocycles. The topological polar surface area (TPSA) is 64.6 Å². The van der Waals surface area contributed by atoms with Crippen molar-refractivity contribution < 1.29 is 32.8 Å². The maximum Gasteiger partial charge on any atom is 0.261 e. The van der Waals surface area contributed by atoms with E-state index in [1.165, 1.54) is 10.4 Å². The largest absolute Gasteiger partial charge is 0.497 e. The van der Waals surface area contributed by atoms with E-state index in [0.717, 1.165) is 28.0 Å². The van der Waals surface area contributed by atoms with Crippen molar-refractivity contribution in [2.24, 2.45) is 0 Å². The first kappa shape index (κ1) is 42.2. The van der Waals surface area contributed by atoms with Crippen LogP contribution in [0.4, 0.5) is 0 Å². The third-order valence-electron chi connectivity index (χ3n) is 10.9. The second-order valence-corrected chi connectivity index (χ2v) is 20.3. The van der Waals surface area contributed by atoms with Crippen molar-refractivity contribution in [3.8, 4) is 5.75 Å². The summed E-state index contributed by atoms with van der Waals surface area (Å²) in [5.41, 5.74) is 4.08. The van der Waals surface area contributed by atoms with E-state index >= 15 is 0 Å². The Hall–Kier alpha value is -4.90. The normalized spacial score (nSPS) is 19.6. The molecule has 8 heteroatoms. The molecule has 306 valence electrons. The molecule has 0 bridgehead atoms. The van der Waals surface area contributed by atoms with Crippen LogP contribution in [0.2, 0.25) is 5.04 Å². The average molecular weight is 809 g/mol. The smallest absolute Gasteiger partial charge is 0.261 e. The molecule has 7 rings (SSSR count). The lowest BCUT2D eigenvalue weighted by molar-refractivity contribution is -0.328. The molecule has 0 spiro atoms. The molecule has 59 heavy (non-hydrogen) atoms. The fourth-order valence-corrected chi connectivity index (χ4v) is 12.5. The summed E-state index contributed by atoms with van der Waals surface area (Å²) >= 11 is 0. The highest BCUT2D eigenvalue weighted by Gasteiger charge is 2.53. The third kappa shape index (κ3) is 10.6. The van der Waals surface area contributed by atoms with Crippen LogP contribution in [0, 0.1) is 0 Å². The van der Waals surface area contributed by atoms with Crippen molar-refractivity contribution in [1.82, 2.24) is 0 Å². The average Bonchev–Trinajstić information content (AvgIpc) is 3.28. The molecule has 7 nitrogen and oxygen atoms in total. The summed E-state index contributed by atoms with van der Waals surface area (Å²) < 4.78 is 47.8.